The summed E-state index contributed by atoms with van der Waals surface area (Å²) in [6, 6.07) is 0. The van der Waals surface area contributed by atoms with E-state index >= 15 is 0 Å². The summed E-state index contributed by atoms with van der Waals surface area (Å²) in [4.78, 5) is 22.9. The number of carbonyl (C=O) groups excluding carboxylic acids is 2. The van der Waals surface area contributed by atoms with Crippen LogP contribution >= 0.6 is 0 Å². The van der Waals surface area contributed by atoms with Crippen molar-refractivity contribution in [2.45, 2.75) is 40.3 Å². The van der Waals surface area contributed by atoms with Gasteiger partial charge < -0.3 is 14.2 Å². The van der Waals surface area contributed by atoms with Crippen molar-refractivity contribution in [1.29, 1.82) is 0 Å². The Labute approximate surface area is 113 Å². The first-order valence-electron chi connectivity index (χ1n) is 6.81. The van der Waals surface area contributed by atoms with Gasteiger partial charge in [0.15, 0.2) is 12.6 Å². The lowest BCUT2D eigenvalue weighted by molar-refractivity contribution is -0.235. The van der Waals surface area contributed by atoms with Crippen LogP contribution in [-0.2, 0) is 23.8 Å². The van der Waals surface area contributed by atoms with Gasteiger partial charge in [-0.3, -0.25) is 9.59 Å². The Balaban J connectivity index is 1.93. The molecule has 2 rings (SSSR count). The lowest BCUT2D eigenvalue weighted by Gasteiger charge is -2.24. The zero-order chi connectivity index (χ0) is 14.2. The van der Waals surface area contributed by atoms with Crippen molar-refractivity contribution in [3.05, 3.63) is 0 Å². The molecule has 0 aromatic carbocycles. The van der Waals surface area contributed by atoms with E-state index in [2.05, 4.69) is 0 Å². The maximum absolute atomic E-state index is 11.4. The number of ketones is 2. The predicted octanol–water partition coefficient (Wildman–Crippen LogP) is 1.40. The lowest BCUT2D eigenvalue weighted by atomic mass is 9.92. The van der Waals surface area contributed by atoms with Gasteiger partial charge >= 0.3 is 0 Å². The number of carbonyl (C=O) groups is 2. The van der Waals surface area contributed by atoms with Gasteiger partial charge in [-0.05, 0) is 13.8 Å². The quantitative estimate of drug-likeness (QED) is 0.772. The third-order valence-electron chi connectivity index (χ3n) is 4.32. The highest BCUT2D eigenvalue weighted by atomic mass is 16.8. The summed E-state index contributed by atoms with van der Waals surface area (Å²) in [5.74, 6) is 0.0752. The maximum Gasteiger partial charge on any atom is 0.164 e. The Bertz CT molecular complexity index is 333. The molecule has 2 saturated heterocycles. The molecule has 0 bridgehead atoms. The van der Waals surface area contributed by atoms with Gasteiger partial charge in [0, 0.05) is 23.7 Å². The number of hydrogen-bond acceptors (Lipinski definition) is 5. The van der Waals surface area contributed by atoms with Crippen molar-refractivity contribution in [3.8, 4) is 0 Å². The Morgan fingerprint density at radius 3 is 1.53 bits per heavy atom. The fourth-order valence-electron chi connectivity index (χ4n) is 2.82. The molecule has 2 aliphatic heterocycles. The third kappa shape index (κ3) is 2.88. The minimum atomic E-state index is -0.424. The van der Waals surface area contributed by atoms with Crippen LogP contribution in [0.2, 0.25) is 0 Å². The fraction of sp³-hybridized carbons (Fsp3) is 0.857. The van der Waals surface area contributed by atoms with Gasteiger partial charge in [0.2, 0.25) is 0 Å². The van der Waals surface area contributed by atoms with Crippen molar-refractivity contribution in [2.24, 2.45) is 23.7 Å². The highest BCUT2D eigenvalue weighted by Crippen LogP contribution is 2.34. The molecule has 108 valence electrons. The normalized spacial score (nSPS) is 42.5. The SMILES string of the molecule is CC(=O)[C@@H]1CO[C@@H](O[C@@H]2OC[C@@H](C(C)=O)[C@H]2C)[C@@H]1C. The molecule has 2 aliphatic rings. The molecular weight excluding hydrogens is 248 g/mol. The Morgan fingerprint density at radius 1 is 0.895 bits per heavy atom. The minimum absolute atomic E-state index is 0.0182. The van der Waals surface area contributed by atoms with Gasteiger partial charge in [-0.1, -0.05) is 13.8 Å². The summed E-state index contributed by atoms with van der Waals surface area (Å²) >= 11 is 0. The van der Waals surface area contributed by atoms with E-state index in [1.54, 1.807) is 13.8 Å². The van der Waals surface area contributed by atoms with E-state index in [4.69, 9.17) is 14.2 Å². The largest absolute Gasteiger partial charge is 0.351 e. The molecule has 5 nitrogen and oxygen atoms in total. The van der Waals surface area contributed by atoms with Gasteiger partial charge in [-0.15, -0.1) is 0 Å². The van der Waals surface area contributed by atoms with Crippen LogP contribution in [0.15, 0.2) is 0 Å². The molecule has 19 heavy (non-hydrogen) atoms. The van der Waals surface area contributed by atoms with E-state index < -0.39 is 12.6 Å². The van der Waals surface area contributed by atoms with E-state index in [9.17, 15) is 9.59 Å². The van der Waals surface area contributed by atoms with Crippen molar-refractivity contribution in [3.63, 3.8) is 0 Å². The molecule has 0 aliphatic carbocycles. The molecule has 0 aromatic heterocycles. The van der Waals surface area contributed by atoms with Crippen LogP contribution in [0.4, 0.5) is 0 Å². The fourth-order valence-corrected chi connectivity index (χ4v) is 2.82. The molecule has 2 fully saturated rings. The van der Waals surface area contributed by atoms with Crippen LogP contribution in [-0.4, -0.2) is 37.4 Å². The highest BCUT2D eigenvalue weighted by Gasteiger charge is 2.43. The van der Waals surface area contributed by atoms with Crippen LogP contribution in [0.5, 0.6) is 0 Å². The van der Waals surface area contributed by atoms with Crippen LogP contribution in [0.1, 0.15) is 27.7 Å². The molecular formula is C14H22O5. The van der Waals surface area contributed by atoms with E-state index in [0.717, 1.165) is 0 Å². The average molecular weight is 270 g/mol. The van der Waals surface area contributed by atoms with Crippen LogP contribution in [0, 0.1) is 23.7 Å². The first kappa shape index (κ1) is 14.6. The molecule has 6 atom stereocenters. The van der Waals surface area contributed by atoms with Gasteiger partial charge in [0.25, 0.3) is 0 Å². The molecule has 0 radical (unpaired) electrons. The Kier molecular flexibility index (Phi) is 4.38. The van der Waals surface area contributed by atoms with E-state index in [0.29, 0.717) is 13.2 Å². The Hall–Kier alpha value is -0.780. The molecule has 2 heterocycles. The molecule has 0 N–H and O–H groups in total. The van der Waals surface area contributed by atoms with E-state index in [-0.39, 0.29) is 35.2 Å². The molecule has 0 unspecified atom stereocenters. The van der Waals surface area contributed by atoms with E-state index in [1.807, 2.05) is 13.8 Å². The second-order valence-corrected chi connectivity index (χ2v) is 5.69. The summed E-state index contributed by atoms with van der Waals surface area (Å²) in [5, 5.41) is 0. The third-order valence-corrected chi connectivity index (χ3v) is 4.32. The summed E-state index contributed by atoms with van der Waals surface area (Å²) in [6.45, 7) is 7.86. The standard InChI is InChI=1S/C14H22O5/c1-7-11(9(3)15)5-17-13(7)19-14-8(2)12(6-18-14)10(4)16/h7-8,11-14H,5-6H2,1-4H3/t7-,8-,11-,12-,13+,14+/m1/s1. The zero-order valence-corrected chi connectivity index (χ0v) is 11.9. The number of Topliss-reactive ketones (excluding diaryl/α,β-unsaturated/α-hetero) is 2. The zero-order valence-electron chi connectivity index (χ0n) is 11.9. The second kappa shape index (κ2) is 5.69. The molecule has 0 spiro atoms. The monoisotopic (exact) mass is 270 g/mol. The first-order valence-corrected chi connectivity index (χ1v) is 6.81. The van der Waals surface area contributed by atoms with Crippen molar-refractivity contribution < 1.29 is 23.8 Å². The lowest BCUT2D eigenvalue weighted by Crippen LogP contribution is -2.32. The number of hydrogen-bond donors (Lipinski definition) is 0. The summed E-state index contributed by atoms with van der Waals surface area (Å²) in [5.41, 5.74) is 0. The number of rotatable bonds is 4. The summed E-state index contributed by atoms with van der Waals surface area (Å²) in [6.07, 6.45) is -0.848. The van der Waals surface area contributed by atoms with Crippen molar-refractivity contribution in [2.75, 3.05) is 13.2 Å². The van der Waals surface area contributed by atoms with Crippen LogP contribution < -0.4 is 0 Å². The first-order chi connectivity index (χ1) is 8.91. The van der Waals surface area contributed by atoms with Crippen LogP contribution in [0.25, 0.3) is 0 Å². The number of ether oxygens (including phenoxy) is 3. The maximum atomic E-state index is 11.4. The highest BCUT2D eigenvalue weighted by molar-refractivity contribution is 5.79. The van der Waals surface area contributed by atoms with Crippen molar-refractivity contribution >= 4 is 11.6 Å². The second-order valence-electron chi connectivity index (χ2n) is 5.69. The topological polar surface area (TPSA) is 61.8 Å². The molecule has 0 amide bonds. The minimum Gasteiger partial charge on any atom is -0.351 e. The average Bonchev–Trinajstić information content (AvgIpc) is 2.85. The van der Waals surface area contributed by atoms with Crippen LogP contribution in [0.3, 0.4) is 0 Å². The Morgan fingerprint density at radius 2 is 1.26 bits per heavy atom. The van der Waals surface area contributed by atoms with Gasteiger partial charge in [-0.25, -0.2) is 0 Å². The van der Waals surface area contributed by atoms with Crippen molar-refractivity contribution in [1.82, 2.24) is 0 Å². The van der Waals surface area contributed by atoms with Gasteiger partial charge in [-0.2, -0.15) is 0 Å². The molecule has 0 aromatic rings. The smallest absolute Gasteiger partial charge is 0.164 e. The van der Waals surface area contributed by atoms with E-state index in [1.165, 1.54) is 0 Å². The van der Waals surface area contributed by atoms with Gasteiger partial charge in [0.1, 0.15) is 11.6 Å². The molecule has 0 saturated carbocycles. The summed E-state index contributed by atoms with van der Waals surface area (Å²) < 4.78 is 16.9. The molecule has 5 heteroatoms. The summed E-state index contributed by atoms with van der Waals surface area (Å²) in [7, 11) is 0. The predicted molar refractivity (Wildman–Crippen MR) is 67.2 cm³/mol. The van der Waals surface area contributed by atoms with Gasteiger partial charge in [0.05, 0.1) is 13.2 Å².